The number of hydrogen-bond acceptors (Lipinski definition) is 5. The van der Waals surface area contributed by atoms with Crippen LogP contribution in [0.1, 0.15) is 44.1 Å². The summed E-state index contributed by atoms with van der Waals surface area (Å²) < 4.78 is 5.29. The number of methoxy groups -OCH3 is 1. The zero-order valence-electron chi connectivity index (χ0n) is 19.1. The van der Waals surface area contributed by atoms with E-state index in [-0.39, 0.29) is 6.03 Å². The van der Waals surface area contributed by atoms with E-state index in [1.807, 2.05) is 41.3 Å². The summed E-state index contributed by atoms with van der Waals surface area (Å²) >= 11 is 0. The van der Waals surface area contributed by atoms with E-state index in [1.54, 1.807) is 13.3 Å². The Hall–Kier alpha value is -3.29. The Morgan fingerprint density at radius 2 is 2.15 bits per heavy atom. The number of benzene rings is 1. The molecule has 2 aromatic rings. The van der Waals surface area contributed by atoms with E-state index in [0.717, 1.165) is 60.9 Å². The van der Waals surface area contributed by atoms with E-state index in [9.17, 15) is 4.79 Å². The van der Waals surface area contributed by atoms with Gasteiger partial charge in [0.05, 0.1) is 25.4 Å². The average molecular weight is 449 g/mol. The second-order valence-corrected chi connectivity index (χ2v) is 9.18. The first-order valence-corrected chi connectivity index (χ1v) is 11.9. The molecular weight excluding hydrogens is 416 g/mol. The minimum atomic E-state index is -0.426. The number of aromatic nitrogens is 1. The van der Waals surface area contributed by atoms with Crippen LogP contribution in [-0.2, 0) is 6.54 Å². The number of nitrogens with zero attached hydrogens (tertiary/aromatic N) is 3. The van der Waals surface area contributed by atoms with Crippen molar-refractivity contribution in [3.05, 3.63) is 48.2 Å². The third kappa shape index (κ3) is 4.60. The van der Waals surface area contributed by atoms with E-state index in [0.29, 0.717) is 19.1 Å². The van der Waals surface area contributed by atoms with Crippen LogP contribution < -0.4 is 20.7 Å². The lowest BCUT2D eigenvalue weighted by molar-refractivity contribution is 0.173. The minimum Gasteiger partial charge on any atom is -0.497 e. The van der Waals surface area contributed by atoms with Crippen LogP contribution in [0.2, 0.25) is 0 Å². The van der Waals surface area contributed by atoms with E-state index in [2.05, 4.69) is 20.9 Å². The van der Waals surface area contributed by atoms with Gasteiger partial charge in [0.1, 0.15) is 17.1 Å². The number of ether oxygens (including phenoxy) is 1. The van der Waals surface area contributed by atoms with Crippen LogP contribution in [0.3, 0.4) is 0 Å². The first-order valence-electron chi connectivity index (χ1n) is 11.9. The number of amidine groups is 1. The van der Waals surface area contributed by atoms with Crippen molar-refractivity contribution in [3.63, 3.8) is 0 Å². The summed E-state index contributed by atoms with van der Waals surface area (Å²) in [6.45, 7) is 1.74. The molecule has 2 amide bonds. The van der Waals surface area contributed by atoms with Crippen LogP contribution in [0.4, 0.5) is 16.3 Å². The first-order chi connectivity index (χ1) is 16.1. The maximum Gasteiger partial charge on any atom is 0.317 e. The van der Waals surface area contributed by atoms with Crippen LogP contribution in [0.5, 0.6) is 5.75 Å². The van der Waals surface area contributed by atoms with Crippen molar-refractivity contribution in [1.29, 1.82) is 0 Å². The van der Waals surface area contributed by atoms with Gasteiger partial charge in [-0.05, 0) is 55.5 Å². The molecule has 2 fully saturated rings. The number of anilines is 2. The largest absolute Gasteiger partial charge is 0.497 e. The summed E-state index contributed by atoms with van der Waals surface area (Å²) in [5, 5.41) is 10.3. The van der Waals surface area contributed by atoms with E-state index < -0.39 is 5.54 Å². The number of urea groups is 1. The molecule has 1 atom stereocenters. The second kappa shape index (κ2) is 9.29. The Labute approximate surface area is 194 Å². The van der Waals surface area contributed by atoms with Gasteiger partial charge in [0.15, 0.2) is 5.82 Å². The highest BCUT2D eigenvalue weighted by atomic mass is 16.5. The molecule has 0 radical (unpaired) electrons. The molecule has 1 spiro atoms. The molecule has 1 aromatic carbocycles. The molecule has 2 aliphatic heterocycles. The number of carbonyl (C=O) groups excluding carboxylic acids is 1. The monoisotopic (exact) mass is 448 g/mol. The highest BCUT2D eigenvalue weighted by molar-refractivity contribution is 6.09. The molecule has 33 heavy (non-hydrogen) atoms. The van der Waals surface area contributed by atoms with Crippen LogP contribution in [0.15, 0.2) is 47.6 Å². The summed E-state index contributed by atoms with van der Waals surface area (Å²) in [6.07, 6.45) is 8.32. The lowest BCUT2D eigenvalue weighted by atomic mass is 9.85. The Kier molecular flexibility index (Phi) is 6.07. The number of amides is 2. The van der Waals surface area contributed by atoms with Gasteiger partial charge in [0, 0.05) is 19.3 Å². The molecule has 8 nitrogen and oxygen atoms in total. The number of piperidine rings is 1. The SMILES string of the molecule is COc1cccc(CNC(=O)N2CCCC3(C2)Nc2cccnc2NC3=NC2CCCC2)c1. The zero-order chi connectivity index (χ0) is 22.7. The van der Waals surface area contributed by atoms with E-state index >= 15 is 0 Å². The molecule has 1 unspecified atom stereocenters. The smallest absolute Gasteiger partial charge is 0.317 e. The molecule has 5 rings (SSSR count). The summed E-state index contributed by atoms with van der Waals surface area (Å²) in [5.74, 6) is 2.52. The Morgan fingerprint density at radius 1 is 1.27 bits per heavy atom. The van der Waals surface area contributed by atoms with E-state index in [1.165, 1.54) is 12.8 Å². The summed E-state index contributed by atoms with van der Waals surface area (Å²) in [5.41, 5.74) is 1.54. The van der Waals surface area contributed by atoms with Crippen molar-refractivity contribution in [2.45, 2.75) is 56.7 Å². The predicted molar refractivity (Wildman–Crippen MR) is 130 cm³/mol. The van der Waals surface area contributed by atoms with Crippen LogP contribution in [0.25, 0.3) is 0 Å². The summed E-state index contributed by atoms with van der Waals surface area (Å²) in [4.78, 5) is 24.7. The van der Waals surface area contributed by atoms with Gasteiger partial charge in [-0.3, -0.25) is 4.99 Å². The van der Waals surface area contributed by atoms with Crippen molar-refractivity contribution >= 4 is 23.4 Å². The maximum absolute atomic E-state index is 13.1. The van der Waals surface area contributed by atoms with Gasteiger partial charge in [0.2, 0.25) is 0 Å². The number of hydrogen-bond donors (Lipinski definition) is 3. The molecule has 3 heterocycles. The van der Waals surface area contributed by atoms with Crippen LogP contribution >= 0.6 is 0 Å². The normalized spacial score (nSPS) is 23.7. The summed E-state index contributed by atoms with van der Waals surface area (Å²) in [6, 6.07) is 12.0. The number of likely N-dealkylation sites (tertiary alicyclic amines) is 1. The van der Waals surface area contributed by atoms with Crippen molar-refractivity contribution in [2.24, 2.45) is 4.99 Å². The molecule has 3 aliphatic rings. The third-order valence-corrected chi connectivity index (χ3v) is 6.87. The fourth-order valence-electron chi connectivity index (χ4n) is 5.12. The Balaban J connectivity index is 1.34. The number of rotatable bonds is 4. The second-order valence-electron chi connectivity index (χ2n) is 9.18. The summed E-state index contributed by atoms with van der Waals surface area (Å²) in [7, 11) is 1.65. The number of pyridine rings is 1. The third-order valence-electron chi connectivity index (χ3n) is 6.87. The molecule has 8 heteroatoms. The van der Waals surface area contributed by atoms with Gasteiger partial charge in [-0.2, -0.15) is 0 Å². The van der Waals surface area contributed by atoms with Gasteiger partial charge in [-0.15, -0.1) is 0 Å². The minimum absolute atomic E-state index is 0.0594. The molecule has 1 aliphatic carbocycles. The van der Waals surface area contributed by atoms with Crippen molar-refractivity contribution < 1.29 is 9.53 Å². The molecule has 174 valence electrons. The van der Waals surface area contributed by atoms with Gasteiger partial charge < -0.3 is 25.6 Å². The highest BCUT2D eigenvalue weighted by Gasteiger charge is 2.45. The average Bonchev–Trinajstić information content (AvgIpc) is 3.36. The highest BCUT2D eigenvalue weighted by Crippen LogP contribution is 2.36. The Bertz CT molecular complexity index is 1040. The number of carbonyl (C=O) groups is 1. The lowest BCUT2D eigenvalue weighted by Crippen LogP contribution is -2.63. The van der Waals surface area contributed by atoms with Gasteiger partial charge in [-0.25, -0.2) is 9.78 Å². The standard InChI is InChI=1S/C25H32N6O2/c1-33-20-10-4-7-18(15-20)16-27-24(32)31-14-6-12-25(17-31)23(28-19-8-2-3-9-19)29-22-21(30-25)11-5-13-26-22/h4-5,7,10-11,13,15,19,30H,2-3,6,8-9,12,14,16-17H2,1H3,(H,27,32)(H,26,28,29). The van der Waals surface area contributed by atoms with Crippen molar-refractivity contribution in [3.8, 4) is 5.75 Å². The molecule has 1 aromatic heterocycles. The van der Waals surface area contributed by atoms with Gasteiger partial charge >= 0.3 is 6.03 Å². The zero-order valence-corrected chi connectivity index (χ0v) is 19.1. The molecule has 3 N–H and O–H groups in total. The molecule has 1 saturated heterocycles. The topological polar surface area (TPSA) is 90.9 Å². The first kappa shape index (κ1) is 21.6. The van der Waals surface area contributed by atoms with Crippen molar-refractivity contribution in [2.75, 3.05) is 30.8 Å². The number of aliphatic imine (C=N–C) groups is 1. The maximum atomic E-state index is 13.1. The number of fused-ring (bicyclic) bond motifs is 1. The number of nitrogens with one attached hydrogen (secondary N) is 3. The Morgan fingerprint density at radius 3 is 3.00 bits per heavy atom. The molecule has 0 bridgehead atoms. The van der Waals surface area contributed by atoms with Crippen molar-refractivity contribution in [1.82, 2.24) is 15.2 Å². The fraction of sp³-hybridized carbons (Fsp3) is 0.480. The quantitative estimate of drug-likeness (QED) is 0.657. The van der Waals surface area contributed by atoms with Crippen LogP contribution in [-0.4, -0.2) is 53.5 Å². The van der Waals surface area contributed by atoms with Gasteiger partial charge in [0.25, 0.3) is 0 Å². The van der Waals surface area contributed by atoms with Gasteiger partial charge in [-0.1, -0.05) is 25.0 Å². The van der Waals surface area contributed by atoms with Crippen LogP contribution in [0, 0.1) is 0 Å². The predicted octanol–water partition coefficient (Wildman–Crippen LogP) is 4.01. The molecular formula is C25H32N6O2. The fourth-order valence-corrected chi connectivity index (χ4v) is 5.12. The van der Waals surface area contributed by atoms with E-state index in [4.69, 9.17) is 9.73 Å². The lowest BCUT2D eigenvalue weighted by Gasteiger charge is -2.47. The molecule has 1 saturated carbocycles.